The first-order valence-electron chi connectivity index (χ1n) is 8.99. The Bertz CT molecular complexity index is 757. The Balaban J connectivity index is 1.62. The van der Waals surface area contributed by atoms with Crippen LogP contribution in [0.1, 0.15) is 18.4 Å². The monoisotopic (exact) mass is 373 g/mol. The van der Waals surface area contributed by atoms with E-state index in [1.807, 2.05) is 24.3 Å². The van der Waals surface area contributed by atoms with E-state index in [-0.39, 0.29) is 23.7 Å². The molecule has 1 saturated heterocycles. The number of amides is 1. The normalized spacial score (nSPS) is 15.8. The van der Waals surface area contributed by atoms with Gasteiger partial charge in [-0.3, -0.25) is 4.79 Å². The second kappa shape index (κ2) is 8.86. The van der Waals surface area contributed by atoms with Gasteiger partial charge in [-0.1, -0.05) is 24.3 Å². The number of para-hydroxylation sites is 1. The number of ether oxygens (including phenoxy) is 3. The Morgan fingerprint density at radius 1 is 1.15 bits per heavy atom. The lowest BCUT2D eigenvalue weighted by Gasteiger charge is -2.38. The van der Waals surface area contributed by atoms with Gasteiger partial charge in [-0.2, -0.15) is 0 Å². The van der Waals surface area contributed by atoms with Crippen LogP contribution >= 0.6 is 0 Å². The van der Waals surface area contributed by atoms with Crippen molar-refractivity contribution < 1.29 is 23.4 Å². The van der Waals surface area contributed by atoms with Crippen LogP contribution in [0.4, 0.5) is 4.39 Å². The first kappa shape index (κ1) is 19.2. The molecule has 0 unspecified atom stereocenters. The van der Waals surface area contributed by atoms with Gasteiger partial charge >= 0.3 is 0 Å². The summed E-state index contributed by atoms with van der Waals surface area (Å²) < 4.78 is 29.6. The van der Waals surface area contributed by atoms with Crippen molar-refractivity contribution >= 4 is 5.91 Å². The van der Waals surface area contributed by atoms with Crippen LogP contribution in [0.5, 0.6) is 11.5 Å². The highest BCUT2D eigenvalue weighted by Gasteiger charge is 2.34. The molecule has 144 valence electrons. The molecule has 1 N–H and O–H groups in total. The number of carbonyl (C=O) groups is 1. The van der Waals surface area contributed by atoms with Gasteiger partial charge in [0, 0.05) is 25.2 Å². The predicted molar refractivity (Wildman–Crippen MR) is 99.6 cm³/mol. The molecule has 0 aromatic heterocycles. The highest BCUT2D eigenvalue weighted by atomic mass is 19.1. The number of carbonyl (C=O) groups excluding carboxylic acids is 1. The molecule has 1 heterocycles. The fraction of sp³-hybridized carbons (Fsp3) is 0.381. The second-order valence-corrected chi connectivity index (χ2v) is 6.62. The number of methoxy groups -OCH3 is 1. The molecule has 0 spiro atoms. The summed E-state index contributed by atoms with van der Waals surface area (Å²) in [5.41, 5.74) is 0.944. The Labute approximate surface area is 158 Å². The molecule has 2 aromatic carbocycles. The van der Waals surface area contributed by atoms with Crippen LogP contribution in [0.25, 0.3) is 0 Å². The standard InChI is InChI=1S/C21H24FNO4/c1-25-17-8-6-16(7-9-17)21(10-12-26-13-11-21)15-23-20(24)14-27-19-5-3-2-4-18(19)22/h2-9H,10-15H2,1H3,(H,23,24). The van der Waals surface area contributed by atoms with Crippen LogP contribution in [-0.4, -0.2) is 39.4 Å². The van der Waals surface area contributed by atoms with Gasteiger partial charge in [0.2, 0.25) is 0 Å². The van der Waals surface area contributed by atoms with Crippen LogP contribution in [0, 0.1) is 5.82 Å². The number of hydrogen-bond acceptors (Lipinski definition) is 4. The minimum Gasteiger partial charge on any atom is -0.497 e. The molecule has 3 rings (SSSR count). The average molecular weight is 373 g/mol. The maximum Gasteiger partial charge on any atom is 0.257 e. The van der Waals surface area contributed by atoms with Gasteiger partial charge in [-0.05, 0) is 42.7 Å². The zero-order valence-corrected chi connectivity index (χ0v) is 15.4. The van der Waals surface area contributed by atoms with Crippen molar-refractivity contribution in [3.8, 4) is 11.5 Å². The lowest BCUT2D eigenvalue weighted by atomic mass is 9.74. The molecule has 1 aliphatic heterocycles. The minimum absolute atomic E-state index is 0.0728. The summed E-state index contributed by atoms with van der Waals surface area (Å²) in [7, 11) is 1.63. The molecule has 1 aliphatic rings. The van der Waals surface area contributed by atoms with Gasteiger partial charge in [-0.25, -0.2) is 4.39 Å². The van der Waals surface area contributed by atoms with Gasteiger partial charge < -0.3 is 19.5 Å². The molecular formula is C21H24FNO4. The smallest absolute Gasteiger partial charge is 0.257 e. The predicted octanol–water partition coefficient (Wildman–Crippen LogP) is 3.08. The molecule has 1 amide bonds. The molecule has 0 aliphatic carbocycles. The summed E-state index contributed by atoms with van der Waals surface area (Å²) in [6.45, 7) is 1.54. The number of hydrogen-bond donors (Lipinski definition) is 1. The molecule has 0 radical (unpaired) electrons. The van der Waals surface area contributed by atoms with Crippen molar-refractivity contribution in [1.82, 2.24) is 5.32 Å². The summed E-state index contributed by atoms with van der Waals surface area (Å²) >= 11 is 0. The van der Waals surface area contributed by atoms with Gasteiger partial charge in [0.1, 0.15) is 5.75 Å². The fourth-order valence-corrected chi connectivity index (χ4v) is 3.30. The van der Waals surface area contributed by atoms with E-state index in [2.05, 4.69) is 5.32 Å². The van der Waals surface area contributed by atoms with E-state index in [0.717, 1.165) is 24.2 Å². The van der Waals surface area contributed by atoms with E-state index < -0.39 is 5.82 Å². The largest absolute Gasteiger partial charge is 0.497 e. The molecule has 5 nitrogen and oxygen atoms in total. The van der Waals surface area contributed by atoms with Crippen molar-refractivity contribution in [1.29, 1.82) is 0 Å². The summed E-state index contributed by atoms with van der Waals surface area (Å²) in [6.07, 6.45) is 1.63. The average Bonchev–Trinajstić information content (AvgIpc) is 2.72. The summed E-state index contributed by atoms with van der Waals surface area (Å²) in [5, 5.41) is 2.94. The second-order valence-electron chi connectivity index (χ2n) is 6.62. The molecule has 0 bridgehead atoms. The Morgan fingerprint density at radius 2 is 1.85 bits per heavy atom. The molecule has 27 heavy (non-hydrogen) atoms. The third-order valence-corrected chi connectivity index (χ3v) is 4.97. The molecule has 1 fully saturated rings. The van der Waals surface area contributed by atoms with Crippen molar-refractivity contribution in [2.75, 3.05) is 33.5 Å². The van der Waals surface area contributed by atoms with Gasteiger partial charge in [0.05, 0.1) is 7.11 Å². The molecule has 2 aromatic rings. The van der Waals surface area contributed by atoms with Gasteiger partial charge in [-0.15, -0.1) is 0 Å². The Kier molecular flexibility index (Phi) is 6.29. The maximum absolute atomic E-state index is 13.6. The third kappa shape index (κ3) is 4.77. The summed E-state index contributed by atoms with van der Waals surface area (Å²) in [4.78, 5) is 12.2. The zero-order chi connectivity index (χ0) is 19.1. The van der Waals surface area contributed by atoms with Crippen molar-refractivity contribution in [2.24, 2.45) is 0 Å². The Hall–Kier alpha value is -2.60. The van der Waals surface area contributed by atoms with E-state index in [0.29, 0.717) is 19.8 Å². The highest BCUT2D eigenvalue weighted by Crippen LogP contribution is 2.35. The minimum atomic E-state index is -0.482. The molecule has 6 heteroatoms. The Morgan fingerprint density at radius 3 is 2.52 bits per heavy atom. The fourth-order valence-electron chi connectivity index (χ4n) is 3.30. The number of halogens is 1. The maximum atomic E-state index is 13.6. The van der Waals surface area contributed by atoms with Gasteiger partial charge in [0.25, 0.3) is 5.91 Å². The van der Waals surface area contributed by atoms with E-state index in [9.17, 15) is 9.18 Å². The number of benzene rings is 2. The molecule has 0 atom stereocenters. The van der Waals surface area contributed by atoms with Crippen LogP contribution in [0.15, 0.2) is 48.5 Å². The molecule has 0 saturated carbocycles. The van der Waals surface area contributed by atoms with E-state index in [1.165, 1.54) is 12.1 Å². The van der Waals surface area contributed by atoms with Crippen molar-refractivity contribution in [2.45, 2.75) is 18.3 Å². The zero-order valence-electron chi connectivity index (χ0n) is 15.4. The number of rotatable bonds is 7. The molecular weight excluding hydrogens is 349 g/mol. The van der Waals surface area contributed by atoms with Crippen LogP contribution in [0.3, 0.4) is 0 Å². The van der Waals surface area contributed by atoms with Crippen molar-refractivity contribution in [3.05, 3.63) is 59.9 Å². The topological polar surface area (TPSA) is 56.8 Å². The quantitative estimate of drug-likeness (QED) is 0.810. The lowest BCUT2D eigenvalue weighted by molar-refractivity contribution is -0.123. The highest BCUT2D eigenvalue weighted by molar-refractivity contribution is 5.77. The van der Waals surface area contributed by atoms with Crippen LogP contribution in [0.2, 0.25) is 0 Å². The number of nitrogens with one attached hydrogen (secondary N) is 1. The van der Waals surface area contributed by atoms with Crippen molar-refractivity contribution in [3.63, 3.8) is 0 Å². The summed E-state index contributed by atoms with van der Waals surface area (Å²) in [5.74, 6) is 0.105. The lowest BCUT2D eigenvalue weighted by Crippen LogP contribution is -2.45. The summed E-state index contributed by atoms with van der Waals surface area (Å²) in [6, 6.07) is 14.0. The van der Waals surface area contributed by atoms with Crippen LogP contribution < -0.4 is 14.8 Å². The first-order valence-corrected chi connectivity index (χ1v) is 8.99. The SMILES string of the molecule is COc1ccc(C2(CNC(=O)COc3ccccc3F)CCOCC2)cc1. The van der Waals surface area contributed by atoms with Crippen LogP contribution in [-0.2, 0) is 14.9 Å². The van der Waals surface area contributed by atoms with E-state index >= 15 is 0 Å². The van der Waals surface area contributed by atoms with E-state index in [1.54, 1.807) is 19.2 Å². The van der Waals surface area contributed by atoms with Gasteiger partial charge in [0.15, 0.2) is 18.2 Å². The van der Waals surface area contributed by atoms with E-state index in [4.69, 9.17) is 14.2 Å². The first-order chi connectivity index (χ1) is 13.1. The third-order valence-electron chi connectivity index (χ3n) is 4.97.